The Hall–Kier alpha value is -2.27. The molecule has 0 saturated carbocycles. The highest BCUT2D eigenvalue weighted by Crippen LogP contribution is 2.30. The van der Waals surface area contributed by atoms with Gasteiger partial charge in [0, 0.05) is 17.7 Å². The highest BCUT2D eigenvalue weighted by molar-refractivity contribution is 7.89. The molecule has 2 aromatic rings. The minimum absolute atomic E-state index is 0. The third-order valence-corrected chi connectivity index (χ3v) is 6.09. The van der Waals surface area contributed by atoms with Gasteiger partial charge in [-0.3, -0.25) is 10.0 Å². The van der Waals surface area contributed by atoms with Crippen molar-refractivity contribution in [1.29, 1.82) is 0 Å². The van der Waals surface area contributed by atoms with E-state index >= 15 is 0 Å². The summed E-state index contributed by atoms with van der Waals surface area (Å²) in [6.45, 7) is 2.02. The third-order valence-electron chi connectivity index (χ3n) is 4.26. The van der Waals surface area contributed by atoms with Crippen LogP contribution < -0.4 is 15.0 Å². The van der Waals surface area contributed by atoms with Gasteiger partial charge < -0.3 is 9.47 Å². The van der Waals surface area contributed by atoms with E-state index in [0.29, 0.717) is 17.1 Å². The Bertz CT molecular complexity index is 947. The molecule has 0 bridgehead atoms. The largest absolute Gasteiger partial charge is 0.497 e. The number of benzene rings is 2. The first-order valence-corrected chi connectivity index (χ1v) is 9.67. The first kappa shape index (κ1) is 22.0. The van der Waals surface area contributed by atoms with Gasteiger partial charge in [0.25, 0.3) is 5.91 Å². The molecule has 0 radical (unpaired) electrons. The van der Waals surface area contributed by atoms with Gasteiger partial charge in [-0.2, -0.15) is 17.8 Å². The summed E-state index contributed by atoms with van der Waals surface area (Å²) < 4.78 is 38.3. The highest BCUT2D eigenvalue weighted by atomic mass is 32.2. The minimum Gasteiger partial charge on any atom is -0.497 e. The van der Waals surface area contributed by atoms with Gasteiger partial charge in [0.2, 0.25) is 10.0 Å². The number of carbonyl (C=O) groups excluding carboxylic acids is 1. The Morgan fingerprint density at radius 3 is 2.54 bits per heavy atom. The Morgan fingerprint density at radius 2 is 1.93 bits per heavy atom. The molecule has 28 heavy (non-hydrogen) atoms. The number of rotatable bonds is 4. The minimum atomic E-state index is -3.74. The molecule has 1 aliphatic heterocycles. The van der Waals surface area contributed by atoms with E-state index in [1.807, 2.05) is 0 Å². The van der Waals surface area contributed by atoms with Crippen molar-refractivity contribution in [1.82, 2.24) is 9.79 Å². The number of nitrogens with one attached hydrogen (secondary N) is 1. The average molecular weight is 427 g/mol. The van der Waals surface area contributed by atoms with Crippen LogP contribution in [0.15, 0.2) is 47.4 Å². The topological polar surface area (TPSA) is 105 Å². The van der Waals surface area contributed by atoms with E-state index in [9.17, 15) is 13.2 Å². The number of fused-ring (bicyclic) bond motifs is 1. The maximum atomic E-state index is 13.0. The standard InChI is InChI=1S/C18H20N2O6S.H2S/c1-12-10-20(27(23,24)16-7-5-15(25-2)6-8-16)11-14-4-3-13(18(21)19-22)9-17(14)26-12;/h3-9,12,22H,10-11H2,1-2H3,(H,19,21);1H2/t12-;/m0./s1. The molecule has 1 aliphatic rings. The van der Waals surface area contributed by atoms with Crippen LogP contribution >= 0.6 is 13.5 Å². The van der Waals surface area contributed by atoms with E-state index in [-0.39, 0.29) is 37.0 Å². The van der Waals surface area contributed by atoms with E-state index in [0.717, 1.165) is 0 Å². The zero-order chi connectivity index (χ0) is 19.6. The Balaban J connectivity index is 0.00000280. The first-order chi connectivity index (χ1) is 12.8. The summed E-state index contributed by atoms with van der Waals surface area (Å²) in [4.78, 5) is 11.8. The second-order valence-corrected chi connectivity index (χ2v) is 8.10. The number of carbonyl (C=O) groups is 1. The molecular formula is C18H22N2O6S2. The predicted molar refractivity (Wildman–Crippen MR) is 107 cm³/mol. The fraction of sp³-hybridized carbons (Fsp3) is 0.278. The molecule has 2 aromatic carbocycles. The Morgan fingerprint density at radius 1 is 1.25 bits per heavy atom. The lowest BCUT2D eigenvalue weighted by molar-refractivity contribution is 0.0705. The zero-order valence-electron chi connectivity index (χ0n) is 15.4. The van der Waals surface area contributed by atoms with Crippen molar-refractivity contribution >= 4 is 29.4 Å². The molecule has 0 aromatic heterocycles. The van der Waals surface area contributed by atoms with E-state index < -0.39 is 22.0 Å². The highest BCUT2D eigenvalue weighted by Gasteiger charge is 2.30. The molecule has 8 nitrogen and oxygen atoms in total. The van der Waals surface area contributed by atoms with E-state index in [1.165, 1.54) is 35.7 Å². The monoisotopic (exact) mass is 426 g/mol. The lowest BCUT2D eigenvalue weighted by Gasteiger charge is -2.21. The third kappa shape index (κ3) is 4.41. The van der Waals surface area contributed by atoms with Crippen LogP contribution in [0.25, 0.3) is 0 Å². The Labute approximate surface area is 170 Å². The first-order valence-electron chi connectivity index (χ1n) is 8.23. The lowest BCUT2D eigenvalue weighted by Crippen LogP contribution is -2.36. The number of hydrogen-bond donors (Lipinski definition) is 2. The molecular weight excluding hydrogens is 404 g/mol. The molecule has 0 saturated heterocycles. The molecule has 0 spiro atoms. The van der Waals surface area contributed by atoms with Crippen molar-refractivity contribution in [3.8, 4) is 11.5 Å². The second-order valence-electron chi connectivity index (χ2n) is 6.16. The van der Waals surface area contributed by atoms with Crippen LogP contribution in [0.3, 0.4) is 0 Å². The summed E-state index contributed by atoms with van der Waals surface area (Å²) in [5.41, 5.74) is 2.42. The summed E-state index contributed by atoms with van der Waals surface area (Å²) in [5, 5.41) is 8.78. The molecule has 3 rings (SSSR count). The molecule has 10 heteroatoms. The molecule has 0 unspecified atom stereocenters. The summed E-state index contributed by atoms with van der Waals surface area (Å²) >= 11 is 0. The molecule has 1 heterocycles. The number of amides is 1. The predicted octanol–water partition coefficient (Wildman–Crippen LogP) is 1.90. The maximum absolute atomic E-state index is 13.0. The van der Waals surface area contributed by atoms with Gasteiger partial charge in [0.15, 0.2) is 0 Å². The number of ether oxygens (including phenoxy) is 2. The van der Waals surface area contributed by atoms with Crippen molar-refractivity contribution in [2.75, 3.05) is 13.7 Å². The summed E-state index contributed by atoms with van der Waals surface area (Å²) in [7, 11) is -2.23. The summed E-state index contributed by atoms with van der Waals surface area (Å²) in [5.74, 6) is 0.318. The normalized spacial score (nSPS) is 16.8. The zero-order valence-corrected chi connectivity index (χ0v) is 17.2. The van der Waals surface area contributed by atoms with Crippen molar-refractivity contribution in [3.63, 3.8) is 0 Å². The fourth-order valence-corrected chi connectivity index (χ4v) is 4.37. The van der Waals surface area contributed by atoms with Gasteiger partial charge in [-0.1, -0.05) is 6.07 Å². The Kier molecular flexibility index (Phi) is 6.94. The number of hydrogen-bond acceptors (Lipinski definition) is 6. The van der Waals surface area contributed by atoms with Gasteiger partial charge in [0.05, 0.1) is 18.6 Å². The molecule has 0 aliphatic carbocycles. The van der Waals surface area contributed by atoms with Gasteiger partial charge in [-0.05, 0) is 43.3 Å². The SMILES string of the molecule is COc1ccc(S(=O)(=O)N2Cc3ccc(C(=O)NO)cc3O[C@@H](C)C2)cc1.S. The molecule has 1 amide bonds. The van der Waals surface area contributed by atoms with Crippen molar-refractivity contribution in [2.24, 2.45) is 0 Å². The van der Waals surface area contributed by atoms with Crippen LogP contribution in [0, 0.1) is 0 Å². The fourth-order valence-electron chi connectivity index (χ4n) is 2.88. The van der Waals surface area contributed by atoms with Crippen molar-refractivity contribution in [3.05, 3.63) is 53.6 Å². The van der Waals surface area contributed by atoms with Gasteiger partial charge in [-0.15, -0.1) is 0 Å². The number of nitrogens with zero attached hydrogens (tertiary/aromatic N) is 1. The van der Waals surface area contributed by atoms with Crippen LogP contribution in [0.4, 0.5) is 0 Å². The maximum Gasteiger partial charge on any atom is 0.274 e. The molecule has 2 N–H and O–H groups in total. The quantitative estimate of drug-likeness (QED) is 0.572. The van der Waals surface area contributed by atoms with Crippen LogP contribution in [0.5, 0.6) is 11.5 Å². The van der Waals surface area contributed by atoms with Crippen LogP contribution in [0.2, 0.25) is 0 Å². The molecule has 152 valence electrons. The van der Waals surface area contributed by atoms with Gasteiger partial charge in [0.1, 0.15) is 17.6 Å². The number of hydroxylamine groups is 1. The summed E-state index contributed by atoms with van der Waals surface area (Å²) in [6.07, 6.45) is -0.424. The molecule has 1 atom stereocenters. The van der Waals surface area contributed by atoms with E-state index in [2.05, 4.69) is 0 Å². The lowest BCUT2D eigenvalue weighted by atomic mass is 10.1. The number of methoxy groups -OCH3 is 1. The van der Waals surface area contributed by atoms with Crippen LogP contribution in [0.1, 0.15) is 22.8 Å². The van der Waals surface area contributed by atoms with Crippen molar-refractivity contribution < 1.29 is 27.9 Å². The van der Waals surface area contributed by atoms with Gasteiger partial charge in [-0.25, -0.2) is 13.9 Å². The smallest absolute Gasteiger partial charge is 0.274 e. The van der Waals surface area contributed by atoms with E-state index in [1.54, 1.807) is 30.6 Å². The van der Waals surface area contributed by atoms with E-state index in [4.69, 9.17) is 14.7 Å². The van der Waals surface area contributed by atoms with Crippen LogP contribution in [-0.2, 0) is 16.6 Å². The number of sulfonamides is 1. The van der Waals surface area contributed by atoms with Crippen LogP contribution in [-0.4, -0.2) is 43.6 Å². The summed E-state index contributed by atoms with van der Waals surface area (Å²) in [6, 6.07) is 10.8. The van der Waals surface area contributed by atoms with Crippen molar-refractivity contribution in [2.45, 2.75) is 24.5 Å². The average Bonchev–Trinajstić information content (AvgIpc) is 2.85. The second kappa shape index (κ2) is 8.82. The molecule has 0 fully saturated rings. The van der Waals surface area contributed by atoms with Gasteiger partial charge >= 0.3 is 0 Å².